The quantitative estimate of drug-likeness (QED) is 0.641. The zero-order chi connectivity index (χ0) is 19.6. The molecule has 0 saturated heterocycles. The number of nitrogens with zero attached hydrogens (tertiary/aromatic N) is 3. The fourth-order valence-electron chi connectivity index (χ4n) is 2.66. The smallest absolute Gasteiger partial charge is 0.267 e. The second kappa shape index (κ2) is 8.15. The molecule has 1 N–H and O–H groups in total. The third kappa shape index (κ3) is 4.70. The van der Waals surface area contributed by atoms with Crippen LogP contribution < -0.4 is 5.32 Å². The van der Waals surface area contributed by atoms with Crippen LogP contribution in [0.5, 0.6) is 0 Å². The van der Waals surface area contributed by atoms with Gasteiger partial charge in [0.25, 0.3) is 5.91 Å². The number of aromatic nitrogens is 3. The van der Waals surface area contributed by atoms with Crippen LogP contribution >= 0.6 is 22.9 Å². The molecule has 3 aromatic rings. The first-order chi connectivity index (χ1) is 12.8. The summed E-state index contributed by atoms with van der Waals surface area (Å²) in [6.45, 7) is 8.01. The lowest BCUT2D eigenvalue weighted by atomic mass is 10.1. The van der Waals surface area contributed by atoms with Crippen LogP contribution in [-0.2, 0) is 6.42 Å². The van der Waals surface area contributed by atoms with Gasteiger partial charge in [0.2, 0.25) is 0 Å². The van der Waals surface area contributed by atoms with Gasteiger partial charge in [0.05, 0.1) is 27.6 Å². The number of nitrogens with one attached hydrogen (secondary N) is 1. The maximum atomic E-state index is 12.6. The molecule has 2 heterocycles. The van der Waals surface area contributed by atoms with Crippen LogP contribution in [0.2, 0.25) is 5.02 Å². The molecule has 0 aliphatic carbocycles. The van der Waals surface area contributed by atoms with Crippen LogP contribution in [0.4, 0.5) is 5.69 Å². The lowest BCUT2D eigenvalue weighted by molar-refractivity contribution is 0.103. The van der Waals surface area contributed by atoms with Gasteiger partial charge in [-0.25, -0.2) is 15.0 Å². The second-order valence-electron chi connectivity index (χ2n) is 6.67. The van der Waals surface area contributed by atoms with Crippen molar-refractivity contribution < 1.29 is 4.79 Å². The molecule has 0 aliphatic heterocycles. The van der Waals surface area contributed by atoms with Crippen LogP contribution in [0.15, 0.2) is 30.5 Å². The molecule has 27 heavy (non-hydrogen) atoms. The first-order valence-electron chi connectivity index (χ1n) is 8.69. The number of thiazole rings is 1. The Bertz CT molecular complexity index is 964. The maximum Gasteiger partial charge on any atom is 0.267 e. The van der Waals surface area contributed by atoms with Crippen molar-refractivity contribution in [3.05, 3.63) is 68.1 Å². The average Bonchev–Trinajstić information content (AvgIpc) is 3.06. The number of carbonyl (C=O) groups is 1. The highest BCUT2D eigenvalue weighted by atomic mass is 35.5. The molecular weight excluding hydrogens is 380 g/mol. The van der Waals surface area contributed by atoms with Crippen molar-refractivity contribution in [3.63, 3.8) is 0 Å². The van der Waals surface area contributed by atoms with Gasteiger partial charge in [-0.15, -0.1) is 11.3 Å². The fourth-order valence-corrected chi connectivity index (χ4v) is 3.76. The van der Waals surface area contributed by atoms with E-state index in [2.05, 4.69) is 34.1 Å². The molecule has 0 unspecified atom stereocenters. The third-order valence-corrected chi connectivity index (χ3v) is 5.38. The van der Waals surface area contributed by atoms with Gasteiger partial charge in [0.15, 0.2) is 0 Å². The van der Waals surface area contributed by atoms with Crippen LogP contribution in [0.3, 0.4) is 0 Å². The summed E-state index contributed by atoms with van der Waals surface area (Å²) >= 11 is 7.55. The molecule has 0 bridgehead atoms. The minimum absolute atomic E-state index is 0.211. The normalized spacial score (nSPS) is 11.0. The predicted molar refractivity (Wildman–Crippen MR) is 110 cm³/mol. The Balaban J connectivity index is 1.76. The Morgan fingerprint density at radius 2 is 2.04 bits per heavy atom. The van der Waals surface area contributed by atoms with E-state index in [4.69, 9.17) is 11.6 Å². The first-order valence-corrected chi connectivity index (χ1v) is 9.88. The van der Waals surface area contributed by atoms with Crippen molar-refractivity contribution >= 4 is 34.5 Å². The number of halogens is 1. The van der Waals surface area contributed by atoms with Crippen LogP contribution in [0, 0.1) is 13.8 Å². The largest absolute Gasteiger partial charge is 0.320 e. The van der Waals surface area contributed by atoms with Gasteiger partial charge in [0, 0.05) is 12.1 Å². The number of amides is 1. The number of anilines is 1. The SMILES string of the molecule is Cc1nc(Cc2ncc(C(=O)Nc3c(C)cccc3Cl)s2)cc(C(C)C)n1. The number of hydrogen-bond donors (Lipinski definition) is 1. The van der Waals surface area contributed by atoms with Gasteiger partial charge in [-0.05, 0) is 37.5 Å². The molecule has 5 nitrogen and oxygen atoms in total. The van der Waals surface area contributed by atoms with E-state index < -0.39 is 0 Å². The van der Waals surface area contributed by atoms with E-state index >= 15 is 0 Å². The summed E-state index contributed by atoms with van der Waals surface area (Å²) in [7, 11) is 0. The van der Waals surface area contributed by atoms with E-state index in [0.29, 0.717) is 27.9 Å². The summed E-state index contributed by atoms with van der Waals surface area (Å²) in [4.78, 5) is 26.4. The van der Waals surface area contributed by atoms with Gasteiger partial charge < -0.3 is 5.32 Å². The Kier molecular flexibility index (Phi) is 5.87. The summed E-state index contributed by atoms with van der Waals surface area (Å²) in [5, 5.41) is 4.24. The van der Waals surface area contributed by atoms with Gasteiger partial charge in [-0.3, -0.25) is 4.79 Å². The summed E-state index contributed by atoms with van der Waals surface area (Å²) in [5.41, 5.74) is 3.47. The monoisotopic (exact) mass is 400 g/mol. The zero-order valence-corrected chi connectivity index (χ0v) is 17.3. The number of benzene rings is 1. The molecule has 7 heteroatoms. The summed E-state index contributed by atoms with van der Waals surface area (Å²) in [6.07, 6.45) is 2.17. The van der Waals surface area contributed by atoms with Crippen molar-refractivity contribution in [3.8, 4) is 0 Å². The molecule has 3 rings (SSSR count). The van der Waals surface area contributed by atoms with Gasteiger partial charge in [0.1, 0.15) is 10.7 Å². The number of rotatable bonds is 5. The lowest BCUT2D eigenvalue weighted by Gasteiger charge is -2.09. The minimum atomic E-state index is -0.211. The number of carbonyl (C=O) groups excluding carboxylic acids is 1. The number of aryl methyl sites for hydroxylation is 2. The summed E-state index contributed by atoms with van der Waals surface area (Å²) in [6, 6.07) is 7.52. The molecule has 0 saturated carbocycles. The van der Waals surface area contributed by atoms with Crippen LogP contribution in [-0.4, -0.2) is 20.9 Å². The predicted octanol–water partition coefficient (Wildman–Crippen LogP) is 5.17. The Morgan fingerprint density at radius 3 is 2.74 bits per heavy atom. The Hall–Kier alpha value is -2.31. The van der Waals surface area contributed by atoms with Crippen molar-refractivity contribution in [1.82, 2.24) is 15.0 Å². The molecule has 1 amide bonds. The number of para-hydroxylation sites is 1. The molecule has 0 atom stereocenters. The van der Waals surface area contributed by atoms with Crippen molar-refractivity contribution in [2.75, 3.05) is 5.32 Å². The second-order valence-corrected chi connectivity index (χ2v) is 8.19. The Labute approximate surface area is 167 Å². The molecule has 140 valence electrons. The first kappa shape index (κ1) is 19.5. The Morgan fingerprint density at radius 1 is 1.26 bits per heavy atom. The molecule has 1 aromatic carbocycles. The highest BCUT2D eigenvalue weighted by molar-refractivity contribution is 7.13. The highest BCUT2D eigenvalue weighted by Gasteiger charge is 2.15. The summed E-state index contributed by atoms with van der Waals surface area (Å²) < 4.78 is 0. The molecule has 0 fully saturated rings. The standard InChI is InChI=1S/C20H21ClN4OS/c1-11(2)16-8-14(23-13(4)24-16)9-18-22-10-17(27-18)20(26)25-19-12(3)6-5-7-15(19)21/h5-8,10-11H,9H2,1-4H3,(H,25,26). The van der Waals surface area contributed by atoms with E-state index in [0.717, 1.165) is 27.8 Å². The van der Waals surface area contributed by atoms with E-state index in [9.17, 15) is 4.79 Å². The lowest BCUT2D eigenvalue weighted by Crippen LogP contribution is -2.11. The summed E-state index contributed by atoms with van der Waals surface area (Å²) in [5.74, 6) is 0.874. The van der Waals surface area contributed by atoms with Crippen LogP contribution in [0.25, 0.3) is 0 Å². The maximum absolute atomic E-state index is 12.6. The van der Waals surface area contributed by atoms with Crippen molar-refractivity contribution in [1.29, 1.82) is 0 Å². The fraction of sp³-hybridized carbons (Fsp3) is 0.300. The molecule has 0 spiro atoms. The van der Waals surface area contributed by atoms with Crippen LogP contribution in [0.1, 0.15) is 57.2 Å². The molecular formula is C20H21ClN4OS. The molecule has 0 radical (unpaired) electrons. The van der Waals surface area contributed by atoms with Gasteiger partial charge in [-0.2, -0.15) is 0 Å². The zero-order valence-electron chi connectivity index (χ0n) is 15.7. The van der Waals surface area contributed by atoms with E-state index in [-0.39, 0.29) is 5.91 Å². The molecule has 2 aromatic heterocycles. The van der Waals surface area contributed by atoms with Gasteiger partial charge >= 0.3 is 0 Å². The van der Waals surface area contributed by atoms with E-state index in [1.54, 1.807) is 12.3 Å². The van der Waals surface area contributed by atoms with Gasteiger partial charge in [-0.1, -0.05) is 37.6 Å². The van der Waals surface area contributed by atoms with E-state index in [1.807, 2.05) is 32.0 Å². The van der Waals surface area contributed by atoms with Crippen molar-refractivity contribution in [2.24, 2.45) is 0 Å². The van der Waals surface area contributed by atoms with Crippen molar-refractivity contribution in [2.45, 2.75) is 40.0 Å². The number of hydrogen-bond acceptors (Lipinski definition) is 5. The minimum Gasteiger partial charge on any atom is -0.320 e. The van der Waals surface area contributed by atoms with E-state index in [1.165, 1.54) is 11.3 Å². The molecule has 0 aliphatic rings. The average molecular weight is 401 g/mol. The highest BCUT2D eigenvalue weighted by Crippen LogP contribution is 2.27. The third-order valence-electron chi connectivity index (χ3n) is 4.07. The topological polar surface area (TPSA) is 67.8 Å².